The van der Waals surface area contributed by atoms with Crippen molar-refractivity contribution in [2.75, 3.05) is 9.80 Å². The molecule has 0 saturated heterocycles. The van der Waals surface area contributed by atoms with Crippen molar-refractivity contribution in [2.45, 2.75) is 0 Å². The largest absolute Gasteiger partial charge is 0.403 e. The lowest BCUT2D eigenvalue weighted by Crippen LogP contribution is -2.29. The summed E-state index contributed by atoms with van der Waals surface area (Å²) in [6, 6.07) is 24.1. The van der Waals surface area contributed by atoms with Crippen molar-refractivity contribution in [3.8, 4) is 34.0 Å². The standard InChI is InChI=1S/C33H16N6O7/c40-16-17-6-8-19(9-7-17)27-35-37-33(46-27)39-29(42)23-13-11-21(15-25(23)31(39)44)20-10-12-22-24(14-20)30(43)38(28(22)41)32-36-34-26(45-32)18-4-2-1-3-5-18/h1-16H. The van der Waals surface area contributed by atoms with Crippen LogP contribution in [0.25, 0.3) is 34.0 Å². The van der Waals surface area contributed by atoms with Gasteiger partial charge in [-0.25, -0.2) is 0 Å². The van der Waals surface area contributed by atoms with E-state index in [2.05, 4.69) is 20.4 Å². The van der Waals surface area contributed by atoms with Gasteiger partial charge in [0.15, 0.2) is 0 Å². The maximum Gasteiger partial charge on any atom is 0.332 e. The number of amides is 4. The zero-order chi connectivity index (χ0) is 31.5. The molecule has 4 amide bonds. The molecule has 8 rings (SSSR count). The molecular weight excluding hydrogens is 592 g/mol. The fraction of sp³-hybridized carbons (Fsp3) is 0. The Morgan fingerprint density at radius 2 is 0.913 bits per heavy atom. The number of anilines is 2. The molecule has 2 aromatic heterocycles. The first-order valence-electron chi connectivity index (χ1n) is 13.8. The predicted octanol–water partition coefficient (Wildman–Crippen LogP) is 4.87. The van der Waals surface area contributed by atoms with Crippen molar-refractivity contribution in [1.29, 1.82) is 0 Å². The van der Waals surface area contributed by atoms with Crippen molar-refractivity contribution in [2.24, 2.45) is 0 Å². The molecule has 2 aliphatic heterocycles. The molecule has 0 spiro atoms. The van der Waals surface area contributed by atoms with Crippen LogP contribution >= 0.6 is 0 Å². The minimum absolute atomic E-state index is 0.0629. The molecule has 0 radical (unpaired) electrons. The molecule has 13 heteroatoms. The first-order chi connectivity index (χ1) is 22.4. The fourth-order valence-electron chi connectivity index (χ4n) is 5.32. The lowest BCUT2D eigenvalue weighted by atomic mass is 9.97. The molecule has 0 saturated carbocycles. The Kier molecular flexibility index (Phi) is 5.86. The maximum absolute atomic E-state index is 13.4. The van der Waals surface area contributed by atoms with Gasteiger partial charge in [-0.2, -0.15) is 9.80 Å². The topological polar surface area (TPSA) is 170 Å². The summed E-state index contributed by atoms with van der Waals surface area (Å²) in [7, 11) is 0. The maximum atomic E-state index is 13.4. The Labute approximate surface area is 257 Å². The summed E-state index contributed by atoms with van der Waals surface area (Å²) in [6.45, 7) is 0. The van der Waals surface area contributed by atoms with Crippen molar-refractivity contribution in [3.05, 3.63) is 119 Å². The Morgan fingerprint density at radius 1 is 0.478 bits per heavy atom. The molecule has 4 aromatic carbocycles. The van der Waals surface area contributed by atoms with E-state index in [1.165, 1.54) is 24.3 Å². The number of carbonyl (C=O) groups is 5. The molecule has 0 atom stereocenters. The molecular formula is C33H16N6O7. The Balaban J connectivity index is 1.07. The lowest BCUT2D eigenvalue weighted by Gasteiger charge is -2.07. The van der Waals surface area contributed by atoms with Gasteiger partial charge in [-0.05, 0) is 59.7 Å². The monoisotopic (exact) mass is 608 g/mol. The van der Waals surface area contributed by atoms with Crippen LogP contribution in [0.2, 0.25) is 0 Å². The number of hydrogen-bond acceptors (Lipinski definition) is 11. The van der Waals surface area contributed by atoms with E-state index >= 15 is 0 Å². The zero-order valence-electron chi connectivity index (χ0n) is 23.3. The van der Waals surface area contributed by atoms with E-state index in [1.54, 1.807) is 60.7 Å². The molecule has 220 valence electrons. The van der Waals surface area contributed by atoms with E-state index in [0.717, 1.165) is 9.80 Å². The number of aldehydes is 1. The van der Waals surface area contributed by atoms with Crippen molar-refractivity contribution in [3.63, 3.8) is 0 Å². The summed E-state index contributed by atoms with van der Waals surface area (Å²) < 4.78 is 11.3. The summed E-state index contributed by atoms with van der Waals surface area (Å²) in [5.41, 5.74) is 3.14. The van der Waals surface area contributed by atoms with Crippen LogP contribution in [-0.2, 0) is 0 Å². The zero-order valence-corrected chi connectivity index (χ0v) is 23.3. The average molecular weight is 609 g/mol. The quantitative estimate of drug-likeness (QED) is 0.187. The van der Waals surface area contributed by atoms with E-state index in [0.29, 0.717) is 34.1 Å². The van der Waals surface area contributed by atoms with Gasteiger partial charge in [0.1, 0.15) is 6.29 Å². The number of aromatic nitrogens is 4. The van der Waals surface area contributed by atoms with Crippen LogP contribution in [0.5, 0.6) is 0 Å². The van der Waals surface area contributed by atoms with E-state index < -0.39 is 23.6 Å². The van der Waals surface area contributed by atoms with Crippen LogP contribution in [0.4, 0.5) is 12.0 Å². The molecule has 0 aliphatic carbocycles. The number of rotatable bonds is 6. The van der Waals surface area contributed by atoms with Crippen LogP contribution < -0.4 is 9.80 Å². The summed E-state index contributed by atoms with van der Waals surface area (Å²) in [4.78, 5) is 65.8. The van der Waals surface area contributed by atoms with Gasteiger partial charge < -0.3 is 8.83 Å². The van der Waals surface area contributed by atoms with E-state index in [-0.39, 0.29) is 46.1 Å². The van der Waals surface area contributed by atoms with Crippen LogP contribution in [0.3, 0.4) is 0 Å². The molecule has 46 heavy (non-hydrogen) atoms. The summed E-state index contributed by atoms with van der Waals surface area (Å²) in [6.07, 6.45) is 0.697. The second kappa shape index (κ2) is 10.1. The highest BCUT2D eigenvalue weighted by molar-refractivity contribution is 6.35. The van der Waals surface area contributed by atoms with Crippen molar-refractivity contribution in [1.82, 2.24) is 20.4 Å². The highest BCUT2D eigenvalue weighted by atomic mass is 16.4. The van der Waals surface area contributed by atoms with Crippen molar-refractivity contribution >= 4 is 41.9 Å². The SMILES string of the molecule is O=Cc1ccc(-c2nnc(N3C(=O)c4ccc(-c5ccc6c(c5)C(=O)N(c5nnc(-c7ccccc7)o5)C6=O)cc4C3=O)o2)cc1. The normalized spacial score (nSPS) is 13.8. The first kappa shape index (κ1) is 26.7. The number of nitrogens with zero attached hydrogens (tertiary/aromatic N) is 6. The second-order valence-corrected chi connectivity index (χ2v) is 10.3. The Hall–Kier alpha value is -6.89. The van der Waals surface area contributed by atoms with Gasteiger partial charge >= 0.3 is 12.0 Å². The van der Waals surface area contributed by atoms with Crippen LogP contribution in [0, 0.1) is 0 Å². The smallest absolute Gasteiger partial charge is 0.332 e. The fourth-order valence-corrected chi connectivity index (χ4v) is 5.32. The van der Waals surface area contributed by atoms with E-state index in [1.807, 2.05) is 6.07 Å². The number of carbonyl (C=O) groups excluding carboxylic acids is 5. The summed E-state index contributed by atoms with van der Waals surface area (Å²) in [5.74, 6) is -2.34. The van der Waals surface area contributed by atoms with Gasteiger partial charge in [0, 0.05) is 16.7 Å². The predicted molar refractivity (Wildman–Crippen MR) is 159 cm³/mol. The van der Waals surface area contributed by atoms with E-state index in [9.17, 15) is 24.0 Å². The molecule has 2 aliphatic rings. The summed E-state index contributed by atoms with van der Waals surface area (Å²) >= 11 is 0. The van der Waals surface area contributed by atoms with Gasteiger partial charge in [-0.15, -0.1) is 10.2 Å². The highest BCUT2D eigenvalue weighted by Crippen LogP contribution is 2.35. The third kappa shape index (κ3) is 4.06. The van der Waals surface area contributed by atoms with Gasteiger partial charge in [0.25, 0.3) is 23.6 Å². The molecule has 6 aromatic rings. The van der Waals surface area contributed by atoms with Gasteiger partial charge in [-0.1, -0.05) is 52.7 Å². The van der Waals surface area contributed by atoms with Gasteiger partial charge in [-0.3, -0.25) is 24.0 Å². The molecule has 0 N–H and O–H groups in total. The Morgan fingerprint density at radius 3 is 1.39 bits per heavy atom. The second-order valence-electron chi connectivity index (χ2n) is 10.3. The van der Waals surface area contributed by atoms with Crippen molar-refractivity contribution < 1.29 is 32.8 Å². The number of benzene rings is 4. The number of hydrogen-bond donors (Lipinski definition) is 0. The molecule has 0 fully saturated rings. The third-order valence-corrected chi connectivity index (χ3v) is 7.63. The van der Waals surface area contributed by atoms with Crippen LogP contribution in [0.1, 0.15) is 51.8 Å². The van der Waals surface area contributed by atoms with Crippen LogP contribution in [0.15, 0.2) is 99.8 Å². The number of imide groups is 2. The lowest BCUT2D eigenvalue weighted by molar-refractivity contribution is 0.0902. The third-order valence-electron chi connectivity index (χ3n) is 7.63. The average Bonchev–Trinajstić information content (AvgIpc) is 3.87. The number of fused-ring (bicyclic) bond motifs is 2. The first-order valence-corrected chi connectivity index (χ1v) is 13.8. The molecule has 0 unspecified atom stereocenters. The van der Waals surface area contributed by atoms with Crippen LogP contribution in [-0.4, -0.2) is 50.3 Å². The van der Waals surface area contributed by atoms with Gasteiger partial charge in [0.2, 0.25) is 11.8 Å². The highest BCUT2D eigenvalue weighted by Gasteiger charge is 2.42. The minimum Gasteiger partial charge on any atom is -0.403 e. The van der Waals surface area contributed by atoms with Gasteiger partial charge in [0.05, 0.1) is 22.3 Å². The summed E-state index contributed by atoms with van der Waals surface area (Å²) in [5, 5.41) is 15.7. The molecule has 13 nitrogen and oxygen atoms in total. The molecule has 4 heterocycles. The molecule has 0 bridgehead atoms. The Bertz CT molecular complexity index is 2270. The minimum atomic E-state index is -0.669. The van der Waals surface area contributed by atoms with E-state index in [4.69, 9.17) is 8.83 Å².